The zero-order valence-corrected chi connectivity index (χ0v) is 19.6. The van der Waals surface area contributed by atoms with Crippen molar-refractivity contribution in [3.8, 4) is 0 Å². The fraction of sp³-hybridized carbons (Fsp3) is 0.381. The second-order valence-corrected chi connectivity index (χ2v) is 9.81. The van der Waals surface area contributed by atoms with E-state index in [1.54, 1.807) is 23.5 Å². The lowest BCUT2D eigenvalue weighted by atomic mass is 9.86. The fourth-order valence-electron chi connectivity index (χ4n) is 4.32. The summed E-state index contributed by atoms with van der Waals surface area (Å²) in [6, 6.07) is 3.34. The van der Waals surface area contributed by atoms with Crippen LogP contribution in [0.5, 0.6) is 0 Å². The Labute approximate surface area is 199 Å². The summed E-state index contributed by atoms with van der Waals surface area (Å²) >= 11 is 12.4. The summed E-state index contributed by atoms with van der Waals surface area (Å²) in [7, 11) is 0. The van der Waals surface area contributed by atoms with E-state index >= 15 is 0 Å². The number of fused-ring (bicyclic) bond motifs is 3. The number of anilines is 2. The first-order valence-electron chi connectivity index (χ1n) is 10.3. The van der Waals surface area contributed by atoms with Crippen LogP contribution in [-0.2, 0) is 22.4 Å². The van der Waals surface area contributed by atoms with Crippen molar-refractivity contribution < 1.29 is 9.53 Å². The molecule has 0 bridgehead atoms. The molecule has 1 aliphatic carbocycles. The number of carbonyl (C=O) groups excluding carboxylic acids is 1. The lowest BCUT2D eigenvalue weighted by Crippen LogP contribution is -2.44. The van der Waals surface area contributed by atoms with Crippen molar-refractivity contribution in [2.45, 2.75) is 24.2 Å². The molecule has 8 nitrogen and oxygen atoms in total. The van der Waals surface area contributed by atoms with Crippen molar-refractivity contribution in [1.82, 2.24) is 14.9 Å². The third-order valence-electron chi connectivity index (χ3n) is 5.96. The first kappa shape index (κ1) is 21.6. The lowest BCUT2D eigenvalue weighted by molar-refractivity contribution is -0.140. The summed E-state index contributed by atoms with van der Waals surface area (Å²) < 4.78 is 5.38. The summed E-state index contributed by atoms with van der Waals surface area (Å²) in [4.78, 5) is 26.5. The molecule has 1 aromatic carbocycles. The smallest absolute Gasteiger partial charge is 0.226 e. The van der Waals surface area contributed by atoms with Gasteiger partial charge in [-0.2, -0.15) is 5.11 Å². The lowest BCUT2D eigenvalue weighted by Gasteiger charge is -2.31. The van der Waals surface area contributed by atoms with Crippen molar-refractivity contribution in [2.75, 3.05) is 31.6 Å². The molecule has 0 saturated carbocycles. The first-order chi connectivity index (χ1) is 15.5. The molecular weight excluding hydrogens is 468 g/mol. The van der Waals surface area contributed by atoms with E-state index in [4.69, 9.17) is 21.9 Å². The number of carbonyl (C=O) groups is 1. The molecule has 2 N–H and O–H groups in total. The van der Waals surface area contributed by atoms with Gasteiger partial charge in [0.15, 0.2) is 0 Å². The zero-order chi connectivity index (χ0) is 22.2. The summed E-state index contributed by atoms with van der Waals surface area (Å²) in [6.45, 7) is 2.58. The normalized spacial score (nSPS) is 18.4. The summed E-state index contributed by atoms with van der Waals surface area (Å²) in [6.07, 6.45) is 3.88. The number of morpholine rings is 1. The van der Waals surface area contributed by atoms with Crippen LogP contribution < -0.4 is 5.32 Å². The number of nitrogens with one attached hydrogen (secondary N) is 2. The van der Waals surface area contributed by atoms with Crippen molar-refractivity contribution in [2.24, 2.45) is 11.0 Å². The van der Waals surface area contributed by atoms with Crippen LogP contribution in [0.2, 0.25) is 5.02 Å². The standard InChI is InChI=1S/C21H21ClN6O2S2/c22-13-8-15(27-23)16(31)9-14(13)26-19-18-12-2-1-11(21(29)28-3-5-30-6-4-28)7-17(12)32-20(18)25-10-24-19/h8-11,23,31H,1-7H2,(H,24,25,26). The van der Waals surface area contributed by atoms with Gasteiger partial charge in [-0.15, -0.1) is 24.0 Å². The summed E-state index contributed by atoms with van der Waals surface area (Å²) in [5, 5.41) is 8.16. The molecule has 1 fully saturated rings. The van der Waals surface area contributed by atoms with Gasteiger partial charge in [-0.1, -0.05) is 11.6 Å². The number of thiol groups is 1. The molecule has 5 rings (SSSR count). The predicted molar refractivity (Wildman–Crippen MR) is 127 cm³/mol. The minimum absolute atomic E-state index is 0.000354. The Morgan fingerprint density at radius 3 is 2.94 bits per heavy atom. The molecule has 166 valence electrons. The van der Waals surface area contributed by atoms with E-state index in [1.165, 1.54) is 16.8 Å². The largest absolute Gasteiger partial charge is 0.378 e. The Hall–Kier alpha value is -2.27. The molecule has 1 saturated heterocycles. The number of nitrogens with zero attached hydrogens (tertiary/aromatic N) is 4. The van der Waals surface area contributed by atoms with Gasteiger partial charge in [0.05, 0.1) is 35.0 Å². The van der Waals surface area contributed by atoms with Crippen molar-refractivity contribution in [1.29, 1.82) is 5.53 Å². The number of thiophene rings is 1. The maximum atomic E-state index is 13.0. The molecule has 2 aliphatic rings. The van der Waals surface area contributed by atoms with Gasteiger partial charge in [0, 0.05) is 28.8 Å². The fourth-order valence-corrected chi connectivity index (χ4v) is 6.04. The average Bonchev–Trinajstić information content (AvgIpc) is 3.20. The van der Waals surface area contributed by atoms with Crippen LogP contribution in [-0.4, -0.2) is 47.1 Å². The van der Waals surface area contributed by atoms with E-state index < -0.39 is 0 Å². The summed E-state index contributed by atoms with van der Waals surface area (Å²) in [5.74, 6) is 0.907. The van der Waals surface area contributed by atoms with Crippen LogP contribution in [0.25, 0.3) is 10.2 Å². The van der Waals surface area contributed by atoms with E-state index in [1.807, 2.05) is 4.90 Å². The van der Waals surface area contributed by atoms with Crippen LogP contribution in [0, 0.1) is 11.4 Å². The van der Waals surface area contributed by atoms with Crippen molar-refractivity contribution >= 4 is 68.9 Å². The maximum absolute atomic E-state index is 13.0. The molecular formula is C21H21ClN6O2S2. The number of hydrogen-bond acceptors (Lipinski definition) is 9. The quantitative estimate of drug-likeness (QED) is 0.354. The molecule has 3 heterocycles. The van der Waals surface area contributed by atoms with Crippen LogP contribution in [0.3, 0.4) is 0 Å². The molecule has 32 heavy (non-hydrogen) atoms. The molecule has 2 aromatic heterocycles. The molecule has 1 unspecified atom stereocenters. The van der Waals surface area contributed by atoms with Gasteiger partial charge in [-0.3, -0.25) is 4.79 Å². The number of hydrogen-bond donors (Lipinski definition) is 3. The van der Waals surface area contributed by atoms with Crippen LogP contribution >= 0.6 is 35.6 Å². The van der Waals surface area contributed by atoms with E-state index in [2.05, 4.69) is 33.0 Å². The highest BCUT2D eigenvalue weighted by molar-refractivity contribution is 7.80. The highest BCUT2D eigenvalue weighted by Gasteiger charge is 2.32. The van der Waals surface area contributed by atoms with Gasteiger partial charge in [-0.25, -0.2) is 15.5 Å². The third-order valence-corrected chi connectivity index (χ3v) is 7.79. The van der Waals surface area contributed by atoms with Gasteiger partial charge in [0.25, 0.3) is 0 Å². The van der Waals surface area contributed by atoms with Gasteiger partial charge in [0.2, 0.25) is 5.91 Å². The van der Waals surface area contributed by atoms with E-state index in [9.17, 15) is 4.79 Å². The Bertz CT molecular complexity index is 1210. The van der Waals surface area contributed by atoms with Crippen LogP contribution in [0.1, 0.15) is 16.9 Å². The number of aromatic nitrogens is 2. The van der Waals surface area contributed by atoms with Crippen molar-refractivity contribution in [3.63, 3.8) is 0 Å². The Morgan fingerprint density at radius 1 is 1.34 bits per heavy atom. The topological polar surface area (TPSA) is 104 Å². The number of halogens is 1. The SMILES string of the molecule is N=Nc1cc(Cl)c(Nc2ncnc3sc4c(c23)CCC(C(=O)N2CCOCC2)C4)cc1S. The van der Waals surface area contributed by atoms with Gasteiger partial charge >= 0.3 is 0 Å². The van der Waals surface area contributed by atoms with Gasteiger partial charge < -0.3 is 15.0 Å². The number of rotatable bonds is 4. The Kier molecular flexibility index (Phi) is 6.02. The average molecular weight is 489 g/mol. The molecule has 11 heteroatoms. The van der Waals surface area contributed by atoms with E-state index in [0.29, 0.717) is 53.4 Å². The monoisotopic (exact) mass is 488 g/mol. The number of benzene rings is 1. The molecule has 1 aliphatic heterocycles. The molecule has 1 amide bonds. The molecule has 1 atom stereocenters. The Morgan fingerprint density at radius 2 is 2.16 bits per heavy atom. The zero-order valence-electron chi connectivity index (χ0n) is 17.1. The van der Waals surface area contributed by atoms with Gasteiger partial charge in [-0.05, 0) is 37.0 Å². The highest BCUT2D eigenvalue weighted by Crippen LogP contribution is 2.42. The second kappa shape index (κ2) is 8.93. The van der Waals surface area contributed by atoms with Crippen LogP contribution in [0.15, 0.2) is 28.5 Å². The third kappa shape index (κ3) is 3.96. The van der Waals surface area contributed by atoms with E-state index in [-0.39, 0.29) is 11.8 Å². The van der Waals surface area contributed by atoms with Crippen molar-refractivity contribution in [3.05, 3.63) is 33.9 Å². The first-order valence-corrected chi connectivity index (χ1v) is 12.0. The Balaban J connectivity index is 1.44. The van der Waals surface area contributed by atoms with Gasteiger partial charge in [0.1, 0.15) is 17.0 Å². The second-order valence-electron chi connectivity index (χ2n) is 7.84. The summed E-state index contributed by atoms with van der Waals surface area (Å²) in [5.41, 5.74) is 9.47. The number of amides is 1. The minimum Gasteiger partial charge on any atom is -0.378 e. The predicted octanol–water partition coefficient (Wildman–Crippen LogP) is 5.00. The number of ether oxygens (including phenoxy) is 1. The minimum atomic E-state index is 0.000354. The maximum Gasteiger partial charge on any atom is 0.226 e. The highest BCUT2D eigenvalue weighted by atomic mass is 35.5. The van der Waals surface area contributed by atoms with E-state index in [0.717, 1.165) is 29.5 Å². The molecule has 0 radical (unpaired) electrons. The molecule has 3 aromatic rings. The van der Waals surface area contributed by atoms with Crippen LogP contribution in [0.4, 0.5) is 17.2 Å². The number of aryl methyl sites for hydroxylation is 1. The molecule has 0 spiro atoms.